The molecular formula is C10H20N2O. The Hall–Kier alpha value is -0.410. The molecule has 0 aromatic rings. The second-order valence-electron chi connectivity index (χ2n) is 3.76. The van der Waals surface area contributed by atoms with E-state index in [0.29, 0.717) is 0 Å². The average Bonchev–Trinajstić information content (AvgIpc) is 2.17. The van der Waals surface area contributed by atoms with Gasteiger partial charge in [-0.05, 0) is 20.4 Å². The van der Waals surface area contributed by atoms with Crippen LogP contribution in [-0.2, 0) is 4.79 Å². The van der Waals surface area contributed by atoms with E-state index >= 15 is 0 Å². The van der Waals surface area contributed by atoms with Crippen molar-refractivity contribution in [2.45, 2.75) is 26.8 Å². The third kappa shape index (κ3) is 2.78. The fourth-order valence-electron chi connectivity index (χ4n) is 1.72. The van der Waals surface area contributed by atoms with E-state index in [0.717, 1.165) is 32.7 Å². The van der Waals surface area contributed by atoms with Gasteiger partial charge in [-0.2, -0.15) is 0 Å². The number of carbonyl (C=O) groups excluding carboxylic acids is 1. The molecule has 1 aliphatic rings. The highest BCUT2D eigenvalue weighted by molar-refractivity contribution is 5.80. The molecule has 0 N–H and O–H groups in total. The highest BCUT2D eigenvalue weighted by Gasteiger charge is 2.22. The summed E-state index contributed by atoms with van der Waals surface area (Å²) in [5.74, 6) is 0.282. The second kappa shape index (κ2) is 4.72. The molecule has 1 rings (SSSR count). The Labute approximate surface area is 80.7 Å². The molecule has 0 aromatic heterocycles. The Kier molecular flexibility index (Phi) is 3.88. The minimum Gasteiger partial charge on any atom is -0.301 e. The normalized spacial score (nSPS) is 23.0. The summed E-state index contributed by atoms with van der Waals surface area (Å²) in [6, 6.07) is 0.110. The standard InChI is InChI=1S/C10H20N2O/c1-4-11-5-7-12(8-6-11)9(2)10(3)13/h9H,4-8H2,1-3H3. The third-order valence-corrected chi connectivity index (χ3v) is 2.99. The van der Waals surface area contributed by atoms with Crippen molar-refractivity contribution in [3.63, 3.8) is 0 Å². The van der Waals surface area contributed by atoms with Crippen LogP contribution < -0.4 is 0 Å². The topological polar surface area (TPSA) is 23.6 Å². The van der Waals surface area contributed by atoms with Crippen LogP contribution in [-0.4, -0.2) is 54.3 Å². The van der Waals surface area contributed by atoms with E-state index in [9.17, 15) is 4.79 Å². The lowest BCUT2D eigenvalue weighted by Gasteiger charge is -2.36. The summed E-state index contributed by atoms with van der Waals surface area (Å²) >= 11 is 0. The van der Waals surface area contributed by atoms with Gasteiger partial charge in [-0.1, -0.05) is 6.92 Å². The van der Waals surface area contributed by atoms with Crippen LogP contribution in [0, 0.1) is 0 Å². The first-order chi connectivity index (χ1) is 6.15. The van der Waals surface area contributed by atoms with E-state index in [4.69, 9.17) is 0 Å². The second-order valence-corrected chi connectivity index (χ2v) is 3.76. The summed E-state index contributed by atoms with van der Waals surface area (Å²) in [4.78, 5) is 15.8. The van der Waals surface area contributed by atoms with Gasteiger partial charge in [-0.3, -0.25) is 9.69 Å². The SMILES string of the molecule is CCN1CCN(C(C)C(C)=O)CC1. The maximum atomic E-state index is 11.1. The summed E-state index contributed by atoms with van der Waals surface area (Å²) in [6.07, 6.45) is 0. The quantitative estimate of drug-likeness (QED) is 0.642. The maximum absolute atomic E-state index is 11.1. The number of hydrogen-bond acceptors (Lipinski definition) is 3. The Morgan fingerprint density at radius 3 is 2.23 bits per heavy atom. The van der Waals surface area contributed by atoms with Gasteiger partial charge < -0.3 is 4.90 Å². The van der Waals surface area contributed by atoms with Crippen LogP contribution in [0.5, 0.6) is 0 Å². The average molecular weight is 184 g/mol. The molecule has 0 radical (unpaired) electrons. The monoisotopic (exact) mass is 184 g/mol. The van der Waals surface area contributed by atoms with Gasteiger partial charge >= 0.3 is 0 Å². The zero-order valence-electron chi connectivity index (χ0n) is 8.92. The van der Waals surface area contributed by atoms with Gasteiger partial charge in [0.25, 0.3) is 0 Å². The molecule has 3 heteroatoms. The Morgan fingerprint density at radius 2 is 1.85 bits per heavy atom. The molecular weight excluding hydrogens is 164 g/mol. The predicted molar refractivity (Wildman–Crippen MR) is 53.8 cm³/mol. The van der Waals surface area contributed by atoms with Crippen molar-refractivity contribution in [2.24, 2.45) is 0 Å². The molecule has 0 bridgehead atoms. The molecule has 0 saturated carbocycles. The number of Topliss-reactive ketones (excluding diaryl/α,β-unsaturated/α-hetero) is 1. The van der Waals surface area contributed by atoms with Gasteiger partial charge in [-0.15, -0.1) is 0 Å². The van der Waals surface area contributed by atoms with E-state index in [1.807, 2.05) is 6.92 Å². The lowest BCUT2D eigenvalue weighted by molar-refractivity contribution is -0.122. The van der Waals surface area contributed by atoms with Crippen LogP contribution in [0.1, 0.15) is 20.8 Å². The molecule has 1 atom stereocenters. The summed E-state index contributed by atoms with van der Waals surface area (Å²) in [5.41, 5.74) is 0. The maximum Gasteiger partial charge on any atom is 0.146 e. The zero-order chi connectivity index (χ0) is 9.84. The number of likely N-dealkylation sites (N-methyl/N-ethyl adjacent to an activating group) is 1. The first-order valence-corrected chi connectivity index (χ1v) is 5.12. The molecule has 1 heterocycles. The van der Waals surface area contributed by atoms with Crippen LogP contribution in [0.25, 0.3) is 0 Å². The Bertz CT molecular complexity index is 174. The Morgan fingerprint density at radius 1 is 1.31 bits per heavy atom. The van der Waals surface area contributed by atoms with Crippen LogP contribution in [0.4, 0.5) is 0 Å². The van der Waals surface area contributed by atoms with E-state index in [1.54, 1.807) is 6.92 Å². The zero-order valence-corrected chi connectivity index (χ0v) is 8.92. The van der Waals surface area contributed by atoms with Crippen molar-refractivity contribution in [2.75, 3.05) is 32.7 Å². The summed E-state index contributed by atoms with van der Waals surface area (Å²) in [7, 11) is 0. The molecule has 1 aliphatic heterocycles. The molecule has 1 unspecified atom stereocenters. The lowest BCUT2D eigenvalue weighted by atomic mass is 10.2. The largest absolute Gasteiger partial charge is 0.301 e. The minimum atomic E-state index is 0.110. The van der Waals surface area contributed by atoms with Crippen LogP contribution in [0.15, 0.2) is 0 Å². The highest BCUT2D eigenvalue weighted by atomic mass is 16.1. The summed E-state index contributed by atoms with van der Waals surface area (Å²) in [6.45, 7) is 11.3. The summed E-state index contributed by atoms with van der Waals surface area (Å²) in [5, 5.41) is 0. The molecule has 13 heavy (non-hydrogen) atoms. The number of ketones is 1. The van der Waals surface area contributed by atoms with Gasteiger partial charge in [-0.25, -0.2) is 0 Å². The number of carbonyl (C=O) groups is 1. The minimum absolute atomic E-state index is 0.110. The fourth-order valence-corrected chi connectivity index (χ4v) is 1.72. The van der Waals surface area contributed by atoms with Crippen LogP contribution >= 0.6 is 0 Å². The van der Waals surface area contributed by atoms with Crippen molar-refractivity contribution >= 4 is 5.78 Å². The van der Waals surface area contributed by atoms with Crippen LogP contribution in [0.3, 0.4) is 0 Å². The van der Waals surface area contributed by atoms with Gasteiger partial charge in [0, 0.05) is 26.2 Å². The number of nitrogens with zero attached hydrogens (tertiary/aromatic N) is 2. The van der Waals surface area contributed by atoms with Crippen molar-refractivity contribution < 1.29 is 4.79 Å². The molecule has 1 fully saturated rings. The molecule has 3 nitrogen and oxygen atoms in total. The number of rotatable bonds is 3. The molecule has 0 aliphatic carbocycles. The fraction of sp³-hybridized carbons (Fsp3) is 0.900. The lowest BCUT2D eigenvalue weighted by Crippen LogP contribution is -2.51. The Balaban J connectivity index is 2.36. The van der Waals surface area contributed by atoms with Crippen molar-refractivity contribution in [3.8, 4) is 0 Å². The van der Waals surface area contributed by atoms with E-state index < -0.39 is 0 Å². The van der Waals surface area contributed by atoms with E-state index in [2.05, 4.69) is 16.7 Å². The molecule has 0 aromatic carbocycles. The van der Waals surface area contributed by atoms with Crippen molar-refractivity contribution in [1.82, 2.24) is 9.80 Å². The number of piperazine rings is 1. The van der Waals surface area contributed by atoms with Crippen molar-refractivity contribution in [1.29, 1.82) is 0 Å². The number of hydrogen-bond donors (Lipinski definition) is 0. The smallest absolute Gasteiger partial charge is 0.146 e. The first kappa shape index (κ1) is 10.7. The van der Waals surface area contributed by atoms with Gasteiger partial charge in [0.05, 0.1) is 6.04 Å². The molecule has 0 spiro atoms. The van der Waals surface area contributed by atoms with Gasteiger partial charge in [0.1, 0.15) is 5.78 Å². The molecule has 1 saturated heterocycles. The van der Waals surface area contributed by atoms with E-state index in [-0.39, 0.29) is 11.8 Å². The first-order valence-electron chi connectivity index (χ1n) is 5.12. The van der Waals surface area contributed by atoms with E-state index in [1.165, 1.54) is 0 Å². The predicted octanol–water partition coefficient (Wildman–Crippen LogP) is 0.601. The van der Waals surface area contributed by atoms with Crippen LogP contribution in [0.2, 0.25) is 0 Å². The highest BCUT2D eigenvalue weighted by Crippen LogP contribution is 2.06. The summed E-state index contributed by atoms with van der Waals surface area (Å²) < 4.78 is 0. The van der Waals surface area contributed by atoms with Gasteiger partial charge in [0.2, 0.25) is 0 Å². The van der Waals surface area contributed by atoms with Gasteiger partial charge in [0.15, 0.2) is 0 Å². The third-order valence-electron chi connectivity index (χ3n) is 2.99. The molecule has 76 valence electrons. The molecule has 0 amide bonds. The van der Waals surface area contributed by atoms with Crippen molar-refractivity contribution in [3.05, 3.63) is 0 Å².